The number of nitrogens with zero attached hydrogens (tertiary/aromatic N) is 2. The first kappa shape index (κ1) is 23.3. The highest BCUT2D eigenvalue weighted by molar-refractivity contribution is 5.84. The van der Waals surface area contributed by atoms with Crippen molar-refractivity contribution < 1.29 is 0 Å². The normalized spacial score (nSPS) is 13.1. The van der Waals surface area contributed by atoms with Crippen LogP contribution in [0.4, 0.5) is 0 Å². The lowest BCUT2D eigenvalue weighted by molar-refractivity contribution is 0.660. The summed E-state index contributed by atoms with van der Waals surface area (Å²) in [6, 6.07) is 47.0. The minimum atomic E-state index is 0.0197. The number of rotatable bonds is 4. The Balaban J connectivity index is 1.28. The van der Waals surface area contributed by atoms with E-state index in [4.69, 9.17) is 9.97 Å². The quantitative estimate of drug-likeness (QED) is 0.241. The van der Waals surface area contributed by atoms with E-state index >= 15 is 0 Å². The highest BCUT2D eigenvalue weighted by Crippen LogP contribution is 2.49. The van der Waals surface area contributed by atoms with E-state index in [-0.39, 0.29) is 5.41 Å². The van der Waals surface area contributed by atoms with Crippen molar-refractivity contribution >= 4 is 0 Å². The molecule has 1 aliphatic carbocycles. The third-order valence-electron chi connectivity index (χ3n) is 7.93. The molecule has 0 atom stereocenters. The number of hydrogen-bond donors (Lipinski definition) is 0. The Morgan fingerprint density at radius 2 is 0.923 bits per heavy atom. The van der Waals surface area contributed by atoms with Gasteiger partial charge in [-0.15, -0.1) is 0 Å². The van der Waals surface area contributed by atoms with Gasteiger partial charge in [0.05, 0.1) is 11.4 Å². The summed E-state index contributed by atoms with van der Waals surface area (Å²) < 4.78 is 0. The van der Waals surface area contributed by atoms with Gasteiger partial charge in [0.15, 0.2) is 5.82 Å². The minimum Gasteiger partial charge on any atom is -0.228 e. The predicted molar refractivity (Wildman–Crippen MR) is 161 cm³/mol. The smallest absolute Gasteiger partial charge is 0.160 e. The molecule has 0 saturated heterocycles. The van der Waals surface area contributed by atoms with Crippen LogP contribution in [0.5, 0.6) is 0 Å². The molecule has 0 fully saturated rings. The maximum atomic E-state index is 4.98. The molecule has 2 nitrogen and oxygen atoms in total. The summed E-state index contributed by atoms with van der Waals surface area (Å²) in [4.78, 5) is 9.96. The van der Waals surface area contributed by atoms with Gasteiger partial charge < -0.3 is 0 Å². The first-order valence-corrected chi connectivity index (χ1v) is 13.4. The highest BCUT2D eigenvalue weighted by Gasteiger charge is 2.35. The largest absolute Gasteiger partial charge is 0.228 e. The molecule has 2 heteroatoms. The number of aromatic nitrogens is 2. The van der Waals surface area contributed by atoms with Gasteiger partial charge in [-0.05, 0) is 45.5 Å². The van der Waals surface area contributed by atoms with Gasteiger partial charge in [-0.2, -0.15) is 0 Å². The Morgan fingerprint density at radius 1 is 0.410 bits per heavy atom. The third kappa shape index (κ3) is 4.06. The summed E-state index contributed by atoms with van der Waals surface area (Å²) in [6.07, 6.45) is 0. The van der Waals surface area contributed by atoms with Crippen molar-refractivity contribution in [2.45, 2.75) is 19.3 Å². The van der Waals surface area contributed by atoms with Gasteiger partial charge in [-0.3, -0.25) is 0 Å². The van der Waals surface area contributed by atoms with Crippen molar-refractivity contribution in [1.29, 1.82) is 0 Å². The van der Waals surface area contributed by atoms with Crippen molar-refractivity contribution in [2.75, 3.05) is 0 Å². The van der Waals surface area contributed by atoms with Crippen molar-refractivity contribution in [1.82, 2.24) is 9.97 Å². The summed E-state index contributed by atoms with van der Waals surface area (Å²) in [5.41, 5.74) is 12.9. The van der Waals surface area contributed by atoms with Gasteiger partial charge in [0.2, 0.25) is 0 Å². The standard InChI is InChI=1S/C37H28N2/c1-37(2)32-16-10-9-15-30(32)31-23-29(21-22-33(31)37)25-17-19-28(20-18-25)36-38-34(26-11-5-3-6-12-26)24-35(39-36)27-13-7-4-8-14-27/h3-24H,1-2H3. The van der Waals surface area contributed by atoms with E-state index < -0.39 is 0 Å². The zero-order valence-electron chi connectivity index (χ0n) is 22.1. The second-order valence-corrected chi connectivity index (χ2v) is 10.7. The summed E-state index contributed by atoms with van der Waals surface area (Å²) in [5, 5.41) is 0. The topological polar surface area (TPSA) is 25.8 Å². The molecular weight excluding hydrogens is 472 g/mol. The Morgan fingerprint density at radius 3 is 1.56 bits per heavy atom. The van der Waals surface area contributed by atoms with Gasteiger partial charge in [0.25, 0.3) is 0 Å². The van der Waals surface area contributed by atoms with Crippen LogP contribution in [0.1, 0.15) is 25.0 Å². The lowest BCUT2D eigenvalue weighted by Crippen LogP contribution is -2.14. The van der Waals surface area contributed by atoms with Crippen molar-refractivity contribution in [3.63, 3.8) is 0 Å². The monoisotopic (exact) mass is 500 g/mol. The van der Waals surface area contributed by atoms with Crippen LogP contribution in [0.25, 0.3) is 56.2 Å². The summed E-state index contributed by atoms with van der Waals surface area (Å²) >= 11 is 0. The second kappa shape index (κ2) is 9.18. The fraction of sp³-hybridized carbons (Fsp3) is 0.0811. The molecule has 6 aromatic rings. The molecule has 0 spiro atoms. The Hall–Kier alpha value is -4.82. The predicted octanol–water partition coefficient (Wildman–Crippen LogP) is 9.45. The molecular formula is C37H28N2. The Labute approximate surface area is 229 Å². The van der Waals surface area contributed by atoms with Crippen molar-refractivity contribution in [2.24, 2.45) is 0 Å². The van der Waals surface area contributed by atoms with Gasteiger partial charge >= 0.3 is 0 Å². The average molecular weight is 501 g/mol. The molecule has 0 N–H and O–H groups in total. The van der Waals surface area contributed by atoms with E-state index in [1.165, 1.54) is 33.4 Å². The molecule has 7 rings (SSSR count). The van der Waals surface area contributed by atoms with Crippen molar-refractivity contribution in [3.05, 3.63) is 145 Å². The molecule has 0 saturated carbocycles. The van der Waals surface area contributed by atoms with E-state index in [1.54, 1.807) is 0 Å². The van der Waals surface area contributed by atoms with Gasteiger partial charge in [-0.25, -0.2) is 9.97 Å². The van der Waals surface area contributed by atoms with E-state index in [0.29, 0.717) is 0 Å². The van der Waals surface area contributed by atoms with Gasteiger partial charge in [0.1, 0.15) is 0 Å². The van der Waals surface area contributed by atoms with Crippen LogP contribution >= 0.6 is 0 Å². The van der Waals surface area contributed by atoms with Crippen LogP contribution in [-0.2, 0) is 5.41 Å². The average Bonchev–Trinajstić information content (AvgIpc) is 3.24. The molecule has 0 radical (unpaired) electrons. The molecule has 1 heterocycles. The first-order valence-electron chi connectivity index (χ1n) is 13.4. The van der Waals surface area contributed by atoms with Crippen LogP contribution in [-0.4, -0.2) is 9.97 Å². The van der Waals surface area contributed by atoms with Crippen LogP contribution in [0, 0.1) is 0 Å². The fourth-order valence-electron chi connectivity index (χ4n) is 5.80. The van der Waals surface area contributed by atoms with Crippen LogP contribution in [0.3, 0.4) is 0 Å². The molecule has 39 heavy (non-hydrogen) atoms. The van der Waals surface area contributed by atoms with Crippen LogP contribution in [0.2, 0.25) is 0 Å². The molecule has 0 aliphatic heterocycles. The number of fused-ring (bicyclic) bond motifs is 3. The Bertz CT molecular complexity index is 1740. The molecule has 5 aromatic carbocycles. The van der Waals surface area contributed by atoms with Gasteiger partial charge in [0, 0.05) is 22.1 Å². The fourth-order valence-corrected chi connectivity index (χ4v) is 5.80. The lowest BCUT2D eigenvalue weighted by atomic mass is 9.82. The van der Waals surface area contributed by atoms with E-state index in [9.17, 15) is 0 Å². The third-order valence-corrected chi connectivity index (χ3v) is 7.93. The number of benzene rings is 5. The zero-order valence-corrected chi connectivity index (χ0v) is 22.1. The highest BCUT2D eigenvalue weighted by atomic mass is 14.9. The maximum Gasteiger partial charge on any atom is 0.160 e. The second-order valence-electron chi connectivity index (χ2n) is 10.7. The van der Waals surface area contributed by atoms with E-state index in [1.807, 2.05) is 36.4 Å². The molecule has 0 amide bonds. The maximum absolute atomic E-state index is 4.98. The zero-order chi connectivity index (χ0) is 26.4. The molecule has 1 aromatic heterocycles. The molecule has 1 aliphatic rings. The van der Waals surface area contributed by atoms with Gasteiger partial charge in [-0.1, -0.05) is 135 Å². The summed E-state index contributed by atoms with van der Waals surface area (Å²) in [6.45, 7) is 4.64. The summed E-state index contributed by atoms with van der Waals surface area (Å²) in [5.74, 6) is 0.728. The van der Waals surface area contributed by atoms with Crippen LogP contribution < -0.4 is 0 Å². The first-order chi connectivity index (χ1) is 19.1. The molecule has 0 bridgehead atoms. The Kier molecular flexibility index (Phi) is 5.49. The van der Waals surface area contributed by atoms with E-state index in [0.717, 1.165) is 33.9 Å². The number of hydrogen-bond acceptors (Lipinski definition) is 2. The van der Waals surface area contributed by atoms with Crippen LogP contribution in [0.15, 0.2) is 133 Å². The SMILES string of the molecule is CC1(C)c2ccccc2-c2cc(-c3ccc(-c4nc(-c5ccccc5)cc(-c5ccccc5)n4)cc3)ccc21. The van der Waals surface area contributed by atoms with Crippen molar-refractivity contribution in [3.8, 4) is 56.2 Å². The van der Waals surface area contributed by atoms with E-state index in [2.05, 4.69) is 111 Å². The lowest BCUT2D eigenvalue weighted by Gasteiger charge is -2.21. The minimum absolute atomic E-state index is 0.0197. The molecule has 186 valence electrons. The summed E-state index contributed by atoms with van der Waals surface area (Å²) in [7, 11) is 0. The molecule has 0 unspecified atom stereocenters.